The predicted octanol–water partition coefficient (Wildman–Crippen LogP) is 3.00. The Hall–Kier alpha value is -3.59. The molecule has 2 aromatic rings. The van der Waals surface area contributed by atoms with Crippen LogP contribution in [0.1, 0.15) is 102 Å². The highest BCUT2D eigenvalue weighted by atomic mass is 35.5. The first-order chi connectivity index (χ1) is 22.8. The molecule has 0 aromatic heterocycles. The zero-order valence-electron chi connectivity index (χ0n) is 28.3. The standard InChI is InChI=1S/C35H44N2O11.ClH/c1-6-11-37(12-7-2)18(4)36-21-13-25(47-17(3)30(21)40)48-23-15-35(45,24(39)16-38)14-20-27(23)34(44)29-28(32(20)42)31(41)19-9-8-10-22(46-5)26(19)33(29)43;/h8-10,17,21,23,25,30,38,40,42,44-45H,6-7,11-16H2,1-5H3;1H/t17?,21-,23-,25?,30+,35?;/m0./s1. The Morgan fingerprint density at radius 1 is 1.08 bits per heavy atom. The SMILES string of the molecule is CCCN(CCC)C(C)=N[C@H]1CC(O[C@H]2CC(O)(C(=O)CO)Cc3c(O)c4c(c(O)c32)C(=O)c2c(OC)cccc2C4=O)OC(C)[C@H]1O.Cl. The fourth-order valence-electron chi connectivity index (χ4n) is 7.12. The van der Waals surface area contributed by atoms with Crippen molar-refractivity contribution in [2.75, 3.05) is 26.8 Å². The largest absolute Gasteiger partial charge is 0.507 e. The second kappa shape index (κ2) is 15.1. The molecular formula is C35H45ClN2O11. The fourth-order valence-corrected chi connectivity index (χ4v) is 7.12. The van der Waals surface area contributed by atoms with Gasteiger partial charge >= 0.3 is 0 Å². The number of hydrogen-bond acceptors (Lipinski definition) is 12. The topological polar surface area (TPSA) is 196 Å². The summed E-state index contributed by atoms with van der Waals surface area (Å²) < 4.78 is 17.6. The number of rotatable bonds is 10. The van der Waals surface area contributed by atoms with Gasteiger partial charge in [-0.25, -0.2) is 0 Å². The van der Waals surface area contributed by atoms with Crippen LogP contribution < -0.4 is 4.74 Å². The van der Waals surface area contributed by atoms with E-state index >= 15 is 0 Å². The molecule has 0 bridgehead atoms. The Morgan fingerprint density at radius 3 is 2.35 bits per heavy atom. The van der Waals surface area contributed by atoms with Crippen LogP contribution in [0, 0.1) is 0 Å². The van der Waals surface area contributed by atoms with E-state index in [0.29, 0.717) is 0 Å². The molecule has 0 saturated carbocycles. The molecule has 14 heteroatoms. The first-order valence-electron chi connectivity index (χ1n) is 16.3. The highest BCUT2D eigenvalue weighted by molar-refractivity contribution is 6.31. The van der Waals surface area contributed by atoms with E-state index < -0.39 is 95.7 Å². The zero-order chi connectivity index (χ0) is 35.1. The number of benzene rings is 2. The molecule has 3 unspecified atom stereocenters. The van der Waals surface area contributed by atoms with Crippen molar-refractivity contribution in [2.45, 2.75) is 96.0 Å². The second-order valence-electron chi connectivity index (χ2n) is 12.7. The van der Waals surface area contributed by atoms with E-state index in [4.69, 9.17) is 19.2 Å². The molecule has 0 spiro atoms. The molecule has 13 nitrogen and oxygen atoms in total. The van der Waals surface area contributed by atoms with E-state index in [2.05, 4.69) is 18.7 Å². The molecule has 1 heterocycles. The maximum Gasteiger partial charge on any atom is 0.202 e. The van der Waals surface area contributed by atoms with Crippen LogP contribution in [-0.2, 0) is 20.7 Å². The summed E-state index contributed by atoms with van der Waals surface area (Å²) >= 11 is 0. The third kappa shape index (κ3) is 6.80. The van der Waals surface area contributed by atoms with E-state index in [1.54, 1.807) is 6.92 Å². The number of aliphatic hydroxyl groups is 3. The maximum absolute atomic E-state index is 13.9. The Bertz CT molecular complexity index is 1640. The monoisotopic (exact) mass is 704 g/mol. The lowest BCUT2D eigenvalue weighted by atomic mass is 9.72. The summed E-state index contributed by atoms with van der Waals surface area (Å²) in [5, 5.41) is 55.6. The molecule has 49 heavy (non-hydrogen) atoms. The number of methoxy groups -OCH3 is 1. The number of aromatic hydroxyl groups is 2. The van der Waals surface area contributed by atoms with Crippen molar-refractivity contribution < 1.29 is 54.1 Å². The predicted molar refractivity (Wildman–Crippen MR) is 180 cm³/mol. The van der Waals surface area contributed by atoms with Gasteiger partial charge in [0.2, 0.25) is 5.78 Å². The summed E-state index contributed by atoms with van der Waals surface area (Å²) in [4.78, 5) is 47.4. The lowest BCUT2D eigenvalue weighted by molar-refractivity contribution is -0.247. The van der Waals surface area contributed by atoms with Crippen molar-refractivity contribution in [3.05, 3.63) is 51.6 Å². The van der Waals surface area contributed by atoms with Gasteiger partial charge in [0.25, 0.3) is 0 Å². The van der Waals surface area contributed by atoms with Gasteiger partial charge in [-0.15, -0.1) is 12.4 Å². The number of phenols is 2. The molecule has 5 N–H and O–H groups in total. The molecule has 2 aromatic carbocycles. The number of amidine groups is 1. The molecule has 1 aliphatic heterocycles. The van der Waals surface area contributed by atoms with E-state index in [1.165, 1.54) is 25.3 Å². The van der Waals surface area contributed by atoms with E-state index in [1.807, 2.05) is 6.92 Å². The minimum absolute atomic E-state index is 0. The Morgan fingerprint density at radius 2 is 1.73 bits per heavy atom. The molecule has 5 rings (SSSR count). The normalized spacial score (nSPS) is 26.3. The van der Waals surface area contributed by atoms with Gasteiger partial charge in [-0.1, -0.05) is 26.0 Å². The van der Waals surface area contributed by atoms with Gasteiger partial charge in [-0.3, -0.25) is 19.4 Å². The van der Waals surface area contributed by atoms with Gasteiger partial charge in [0, 0.05) is 49.0 Å². The lowest BCUT2D eigenvalue weighted by Crippen LogP contribution is -2.50. The fraction of sp³-hybridized carbons (Fsp3) is 0.543. The van der Waals surface area contributed by atoms with Gasteiger partial charge in [0.15, 0.2) is 17.9 Å². The molecule has 3 aliphatic rings. The van der Waals surface area contributed by atoms with Crippen molar-refractivity contribution in [1.29, 1.82) is 0 Å². The van der Waals surface area contributed by atoms with Crippen LogP contribution in [0.25, 0.3) is 0 Å². The van der Waals surface area contributed by atoms with Gasteiger partial charge < -0.3 is 44.6 Å². The van der Waals surface area contributed by atoms with Gasteiger partial charge in [-0.05, 0) is 32.8 Å². The number of fused-ring (bicyclic) bond motifs is 3. The number of ether oxygens (including phenoxy) is 3. The highest BCUT2D eigenvalue weighted by Gasteiger charge is 2.50. The van der Waals surface area contributed by atoms with E-state index in [0.717, 1.165) is 31.8 Å². The number of ketones is 3. The number of Topliss-reactive ketones (excluding diaryl/α,β-unsaturated/α-hetero) is 1. The highest BCUT2D eigenvalue weighted by Crippen LogP contribution is 2.52. The quantitative estimate of drug-likeness (QED) is 0.118. The number of hydrogen-bond donors (Lipinski definition) is 5. The minimum atomic E-state index is -2.26. The number of carbonyl (C=O) groups is 3. The van der Waals surface area contributed by atoms with Crippen molar-refractivity contribution >= 4 is 35.6 Å². The van der Waals surface area contributed by atoms with Crippen molar-refractivity contribution in [3.63, 3.8) is 0 Å². The number of aliphatic hydroxyl groups excluding tert-OH is 2. The summed E-state index contributed by atoms with van der Waals surface area (Å²) in [6, 6.07) is 3.76. The second-order valence-corrected chi connectivity index (χ2v) is 12.7. The molecule has 1 fully saturated rings. The average Bonchev–Trinajstić information content (AvgIpc) is 3.06. The van der Waals surface area contributed by atoms with Gasteiger partial charge in [0.05, 0.1) is 47.9 Å². The number of aliphatic imine (C=N–C) groups is 1. The minimum Gasteiger partial charge on any atom is -0.507 e. The summed E-state index contributed by atoms with van der Waals surface area (Å²) in [6.07, 6.45) is -3.31. The first-order valence-corrected chi connectivity index (χ1v) is 16.3. The van der Waals surface area contributed by atoms with Crippen LogP contribution in [0.5, 0.6) is 17.2 Å². The Balaban J connectivity index is 0.00000541. The van der Waals surface area contributed by atoms with Crippen LogP contribution in [0.3, 0.4) is 0 Å². The third-order valence-corrected chi connectivity index (χ3v) is 9.53. The van der Waals surface area contributed by atoms with Gasteiger partial charge in [-0.2, -0.15) is 0 Å². The third-order valence-electron chi connectivity index (χ3n) is 9.53. The molecule has 268 valence electrons. The average molecular weight is 705 g/mol. The number of phenolic OH excluding ortho intramolecular Hbond substituents is 2. The van der Waals surface area contributed by atoms with E-state index in [9.17, 15) is 39.9 Å². The summed E-state index contributed by atoms with van der Waals surface area (Å²) in [6.45, 7) is 8.23. The number of halogens is 1. The van der Waals surface area contributed by atoms with Crippen molar-refractivity contribution in [3.8, 4) is 17.2 Å². The smallest absolute Gasteiger partial charge is 0.202 e. The van der Waals surface area contributed by atoms with Gasteiger partial charge in [0.1, 0.15) is 35.6 Å². The van der Waals surface area contributed by atoms with Crippen LogP contribution in [0.4, 0.5) is 0 Å². The Kier molecular flexibility index (Phi) is 11.8. The van der Waals surface area contributed by atoms with E-state index in [-0.39, 0.29) is 46.8 Å². The Labute approximate surface area is 290 Å². The summed E-state index contributed by atoms with van der Waals surface area (Å²) in [5.41, 5.74) is -3.60. The molecule has 0 amide bonds. The van der Waals surface area contributed by atoms with Crippen LogP contribution in [-0.4, -0.2) is 111 Å². The molecule has 6 atom stereocenters. The molecule has 2 aliphatic carbocycles. The lowest BCUT2D eigenvalue weighted by Gasteiger charge is -2.42. The molecular weight excluding hydrogens is 660 g/mol. The zero-order valence-corrected chi connectivity index (χ0v) is 29.1. The van der Waals surface area contributed by atoms with Crippen LogP contribution in [0.15, 0.2) is 23.2 Å². The van der Waals surface area contributed by atoms with Crippen LogP contribution >= 0.6 is 12.4 Å². The first kappa shape index (κ1) is 38.2. The number of nitrogens with zero attached hydrogens (tertiary/aromatic N) is 2. The maximum atomic E-state index is 13.9. The summed E-state index contributed by atoms with van der Waals surface area (Å²) in [5.74, 6) is -2.99. The van der Waals surface area contributed by atoms with Crippen molar-refractivity contribution in [2.24, 2.45) is 4.99 Å². The molecule has 1 saturated heterocycles. The molecule has 0 radical (unpaired) electrons. The van der Waals surface area contributed by atoms with Crippen LogP contribution in [0.2, 0.25) is 0 Å². The van der Waals surface area contributed by atoms with Crippen molar-refractivity contribution in [1.82, 2.24) is 4.90 Å². The number of carbonyl (C=O) groups excluding carboxylic acids is 3. The summed E-state index contributed by atoms with van der Waals surface area (Å²) in [7, 11) is 1.34.